The first-order valence-electron chi connectivity index (χ1n) is 5.75. The van der Waals surface area contributed by atoms with Crippen LogP contribution in [0.25, 0.3) is 0 Å². The van der Waals surface area contributed by atoms with Gasteiger partial charge in [0, 0.05) is 5.38 Å². The molecule has 1 rings (SSSR count). The van der Waals surface area contributed by atoms with Crippen molar-refractivity contribution >= 4 is 34.1 Å². The van der Waals surface area contributed by atoms with Crippen molar-refractivity contribution in [3.05, 3.63) is 11.1 Å². The number of aromatic nitrogens is 1. The lowest BCUT2D eigenvalue weighted by atomic mass is 10.1. The van der Waals surface area contributed by atoms with E-state index >= 15 is 0 Å². The van der Waals surface area contributed by atoms with E-state index in [0.29, 0.717) is 0 Å². The van der Waals surface area contributed by atoms with Gasteiger partial charge in [-0.15, -0.1) is 11.3 Å². The molecule has 1 aromatic heterocycles. The summed E-state index contributed by atoms with van der Waals surface area (Å²) >= 11 is 1.10. The van der Waals surface area contributed by atoms with E-state index < -0.39 is 17.5 Å². The number of amides is 1. The zero-order valence-electron chi connectivity index (χ0n) is 11.7. The third-order valence-corrected chi connectivity index (χ3v) is 2.55. The van der Waals surface area contributed by atoms with Crippen molar-refractivity contribution in [2.75, 3.05) is 5.73 Å². The Kier molecular flexibility index (Phi) is 6.63. The van der Waals surface area contributed by atoms with Crippen LogP contribution in [-0.2, 0) is 14.4 Å². The summed E-state index contributed by atoms with van der Waals surface area (Å²) in [5, 5.41) is 14.0. The Hall–Kier alpha value is -2.16. The third-order valence-electron chi connectivity index (χ3n) is 1.88. The molecule has 8 nitrogen and oxygen atoms in total. The van der Waals surface area contributed by atoms with Crippen molar-refractivity contribution in [1.29, 1.82) is 0 Å². The molecule has 0 spiro atoms. The van der Waals surface area contributed by atoms with Crippen molar-refractivity contribution in [3.63, 3.8) is 0 Å². The molecule has 0 aliphatic carbocycles. The number of oxime groups is 1. The Bertz CT molecular complexity index is 510. The summed E-state index contributed by atoms with van der Waals surface area (Å²) in [5.41, 5.74) is 8.81. The van der Waals surface area contributed by atoms with Crippen LogP contribution < -0.4 is 11.5 Å². The first-order chi connectivity index (χ1) is 9.24. The van der Waals surface area contributed by atoms with Gasteiger partial charge in [-0.25, -0.2) is 9.78 Å². The van der Waals surface area contributed by atoms with E-state index in [2.05, 4.69) is 10.1 Å². The minimum atomic E-state index is -1.58. The van der Waals surface area contributed by atoms with Gasteiger partial charge >= 0.3 is 5.97 Å². The van der Waals surface area contributed by atoms with Gasteiger partial charge in [-0.1, -0.05) is 19.0 Å². The van der Waals surface area contributed by atoms with E-state index in [9.17, 15) is 9.59 Å². The molecular weight excluding hydrogens is 284 g/mol. The lowest BCUT2D eigenvalue weighted by Crippen LogP contribution is -2.34. The predicted octanol–water partition coefficient (Wildman–Crippen LogP) is 0.821. The van der Waals surface area contributed by atoms with Crippen LogP contribution in [0.1, 0.15) is 33.4 Å². The molecule has 0 aliphatic rings. The van der Waals surface area contributed by atoms with Gasteiger partial charge in [0.1, 0.15) is 5.69 Å². The minimum absolute atomic E-state index is 0.145. The molecule has 0 atom stereocenters. The van der Waals surface area contributed by atoms with E-state index in [0.717, 1.165) is 11.3 Å². The highest BCUT2D eigenvalue weighted by atomic mass is 32.1. The molecule has 20 heavy (non-hydrogen) atoms. The van der Waals surface area contributed by atoms with Gasteiger partial charge in [-0.3, -0.25) is 4.79 Å². The normalized spacial score (nSPS) is 11.3. The molecule has 1 aromatic rings. The fourth-order valence-corrected chi connectivity index (χ4v) is 1.36. The molecule has 0 radical (unpaired) electrons. The third kappa shape index (κ3) is 4.84. The first-order valence-corrected chi connectivity index (χ1v) is 6.62. The highest BCUT2D eigenvalue weighted by molar-refractivity contribution is 7.13. The Morgan fingerprint density at radius 3 is 2.35 bits per heavy atom. The maximum Gasteiger partial charge on any atom is 0.350 e. The number of hydrogen-bond acceptors (Lipinski definition) is 7. The first kappa shape index (κ1) is 17.8. The highest BCUT2D eigenvalue weighted by Crippen LogP contribution is 2.14. The predicted molar refractivity (Wildman–Crippen MR) is 76.4 cm³/mol. The van der Waals surface area contributed by atoms with Crippen LogP contribution in [-0.4, -0.2) is 33.3 Å². The van der Waals surface area contributed by atoms with Crippen LogP contribution >= 0.6 is 11.3 Å². The molecule has 0 aliphatic heterocycles. The Morgan fingerprint density at radius 2 is 2.00 bits per heavy atom. The summed E-state index contributed by atoms with van der Waals surface area (Å²) < 4.78 is 0. The average Bonchev–Trinajstić information content (AvgIpc) is 2.77. The molecule has 9 heteroatoms. The summed E-state index contributed by atoms with van der Waals surface area (Å²) in [7, 11) is 0. The molecule has 0 saturated heterocycles. The second-order valence-electron chi connectivity index (χ2n) is 3.78. The van der Waals surface area contributed by atoms with Crippen LogP contribution in [0.5, 0.6) is 0 Å². The van der Waals surface area contributed by atoms with Crippen molar-refractivity contribution in [1.82, 2.24) is 4.98 Å². The molecule has 0 saturated carbocycles. The zero-order valence-corrected chi connectivity index (χ0v) is 12.5. The number of anilines is 1. The molecule has 112 valence electrons. The number of rotatable bonds is 5. The summed E-state index contributed by atoms with van der Waals surface area (Å²) in [4.78, 5) is 30.6. The van der Waals surface area contributed by atoms with Gasteiger partial charge in [0.25, 0.3) is 5.91 Å². The summed E-state index contributed by atoms with van der Waals surface area (Å²) in [6.45, 7) is 6.57. The molecule has 1 amide bonds. The van der Waals surface area contributed by atoms with Crippen molar-refractivity contribution in [2.24, 2.45) is 10.9 Å². The van der Waals surface area contributed by atoms with E-state index in [-0.39, 0.29) is 16.5 Å². The maximum absolute atomic E-state index is 11.2. The van der Waals surface area contributed by atoms with Crippen molar-refractivity contribution < 1.29 is 19.5 Å². The number of nitrogen functional groups attached to an aromatic ring is 1. The molecule has 0 bridgehead atoms. The molecular formula is C11H18N4O4S. The second kappa shape index (κ2) is 7.43. The number of thiazole rings is 1. The fraction of sp³-hybridized carbons (Fsp3) is 0.455. The Balaban J connectivity index is 0.00000172. The summed E-state index contributed by atoms with van der Waals surface area (Å²) in [6.07, 6.45) is 0. The van der Waals surface area contributed by atoms with Crippen molar-refractivity contribution in [2.45, 2.75) is 33.3 Å². The topological polar surface area (TPSA) is 141 Å². The number of hydrogen-bond donors (Lipinski definition) is 3. The molecule has 0 aromatic carbocycles. The number of carboxylic acid groups (broad SMARTS) is 1. The van der Waals surface area contributed by atoms with Crippen LogP contribution in [0.3, 0.4) is 0 Å². The van der Waals surface area contributed by atoms with E-state index in [1.807, 2.05) is 13.8 Å². The van der Waals surface area contributed by atoms with Gasteiger partial charge in [-0.05, 0) is 13.8 Å². The van der Waals surface area contributed by atoms with Gasteiger partial charge in [-0.2, -0.15) is 0 Å². The van der Waals surface area contributed by atoms with E-state index in [4.69, 9.17) is 21.4 Å². The van der Waals surface area contributed by atoms with Crippen molar-refractivity contribution in [3.8, 4) is 0 Å². The standard InChI is InChI=1S/C9H12N4O4S.C2H6/c1-9(2,7(15)16)17-13-5(6(10)14)4-3-18-8(11)12-4;1-2/h3H,1-2H3,(H2,10,14)(H2,11,12)(H,15,16);1-2H3/b13-5-;. The number of carbonyl (C=O) groups excluding carboxylic acids is 1. The summed E-state index contributed by atoms with van der Waals surface area (Å²) in [5.74, 6) is -2.12. The second-order valence-corrected chi connectivity index (χ2v) is 4.67. The Morgan fingerprint density at radius 1 is 1.45 bits per heavy atom. The largest absolute Gasteiger partial charge is 0.478 e. The molecule has 1 heterocycles. The molecule has 5 N–H and O–H groups in total. The SMILES string of the molecule is CC.CC(C)(O/N=C(\C(N)=O)c1csc(N)n1)C(=O)O. The van der Waals surface area contributed by atoms with Crippen LogP contribution in [0.15, 0.2) is 10.5 Å². The number of carboxylic acids is 1. The monoisotopic (exact) mass is 302 g/mol. The van der Waals surface area contributed by atoms with Gasteiger partial charge in [0.15, 0.2) is 10.8 Å². The van der Waals surface area contributed by atoms with Crippen LogP contribution in [0.2, 0.25) is 0 Å². The smallest absolute Gasteiger partial charge is 0.350 e. The number of nitrogens with zero attached hydrogens (tertiary/aromatic N) is 2. The number of primary amides is 1. The number of nitrogens with two attached hydrogens (primary N) is 2. The Labute approximate surface area is 120 Å². The highest BCUT2D eigenvalue weighted by Gasteiger charge is 2.30. The molecule has 0 unspecified atom stereocenters. The fourth-order valence-electron chi connectivity index (χ4n) is 0.813. The van der Waals surface area contributed by atoms with Crippen LogP contribution in [0, 0.1) is 0 Å². The maximum atomic E-state index is 11.2. The average molecular weight is 302 g/mol. The van der Waals surface area contributed by atoms with Gasteiger partial charge in [0.2, 0.25) is 5.60 Å². The van der Waals surface area contributed by atoms with E-state index in [1.54, 1.807) is 0 Å². The quantitative estimate of drug-likeness (QED) is 0.543. The summed E-state index contributed by atoms with van der Waals surface area (Å²) in [6, 6.07) is 0. The lowest BCUT2D eigenvalue weighted by molar-refractivity contribution is -0.161. The lowest BCUT2D eigenvalue weighted by Gasteiger charge is -2.16. The molecule has 0 fully saturated rings. The zero-order chi connectivity index (χ0) is 15.9. The minimum Gasteiger partial charge on any atom is -0.478 e. The van der Waals surface area contributed by atoms with Gasteiger partial charge in [0.05, 0.1) is 0 Å². The number of carbonyl (C=O) groups is 2. The van der Waals surface area contributed by atoms with E-state index in [1.165, 1.54) is 19.2 Å². The van der Waals surface area contributed by atoms with Crippen LogP contribution in [0.4, 0.5) is 5.13 Å². The van der Waals surface area contributed by atoms with Gasteiger partial charge < -0.3 is 21.4 Å². The number of aliphatic carboxylic acids is 1.